The fourth-order valence-corrected chi connectivity index (χ4v) is 5.79. The van der Waals surface area contributed by atoms with Crippen molar-refractivity contribution in [1.82, 2.24) is 9.21 Å². The lowest BCUT2D eigenvalue weighted by molar-refractivity contribution is -0.116. The molecule has 0 aliphatic carbocycles. The van der Waals surface area contributed by atoms with Crippen molar-refractivity contribution in [3.63, 3.8) is 0 Å². The zero-order chi connectivity index (χ0) is 20.3. The second kappa shape index (κ2) is 8.73. The molecule has 1 N–H and O–H groups in total. The van der Waals surface area contributed by atoms with Gasteiger partial charge in [-0.1, -0.05) is 0 Å². The Morgan fingerprint density at radius 2 is 1.79 bits per heavy atom. The number of thiophene rings is 1. The van der Waals surface area contributed by atoms with Gasteiger partial charge >= 0.3 is 0 Å². The SMILES string of the molecule is CN(CC(=O)Nc1ccc(S(=O)(=O)N2CCCC2)cc1)C(=O)c1ccc(Br)s1. The van der Waals surface area contributed by atoms with Gasteiger partial charge in [-0.15, -0.1) is 11.3 Å². The Hall–Kier alpha value is -1.75. The van der Waals surface area contributed by atoms with Crippen molar-refractivity contribution in [1.29, 1.82) is 0 Å². The van der Waals surface area contributed by atoms with Crippen molar-refractivity contribution >= 4 is 54.8 Å². The van der Waals surface area contributed by atoms with E-state index in [0.717, 1.165) is 16.6 Å². The Morgan fingerprint density at radius 1 is 1.14 bits per heavy atom. The summed E-state index contributed by atoms with van der Waals surface area (Å²) in [7, 11) is -1.92. The molecule has 0 unspecified atom stereocenters. The summed E-state index contributed by atoms with van der Waals surface area (Å²) in [6.07, 6.45) is 1.75. The second-order valence-electron chi connectivity index (χ2n) is 6.45. The number of rotatable bonds is 6. The first kappa shape index (κ1) is 21.0. The Bertz CT molecular complexity index is 967. The summed E-state index contributed by atoms with van der Waals surface area (Å²) in [5, 5.41) is 2.69. The molecule has 10 heteroatoms. The second-order valence-corrected chi connectivity index (χ2v) is 10.8. The minimum absolute atomic E-state index is 0.109. The van der Waals surface area contributed by atoms with Crippen LogP contribution in [0, 0.1) is 0 Å². The number of hydrogen-bond donors (Lipinski definition) is 1. The highest BCUT2D eigenvalue weighted by Gasteiger charge is 2.27. The average molecular weight is 486 g/mol. The fraction of sp³-hybridized carbons (Fsp3) is 0.333. The maximum absolute atomic E-state index is 12.5. The number of nitrogens with one attached hydrogen (secondary N) is 1. The molecule has 150 valence electrons. The summed E-state index contributed by atoms with van der Waals surface area (Å²) in [6.45, 7) is 0.978. The van der Waals surface area contributed by atoms with Gasteiger partial charge in [-0.25, -0.2) is 8.42 Å². The molecular formula is C18H20BrN3O4S2. The number of halogens is 1. The predicted octanol–water partition coefficient (Wildman–Crippen LogP) is 3.01. The van der Waals surface area contributed by atoms with Crippen molar-refractivity contribution in [3.05, 3.63) is 45.1 Å². The number of amides is 2. The molecule has 0 radical (unpaired) electrons. The van der Waals surface area contributed by atoms with E-state index in [1.807, 2.05) is 0 Å². The summed E-state index contributed by atoms with van der Waals surface area (Å²) in [4.78, 5) is 26.6. The third-order valence-electron chi connectivity index (χ3n) is 4.35. The zero-order valence-corrected chi connectivity index (χ0v) is 18.4. The standard InChI is InChI=1S/C18H20BrN3O4S2/c1-21(18(24)15-8-9-16(19)27-15)12-17(23)20-13-4-6-14(7-5-13)28(25,26)22-10-2-3-11-22/h4-9H,2-3,10-12H2,1H3,(H,20,23). The molecule has 1 aliphatic heterocycles. The maximum Gasteiger partial charge on any atom is 0.264 e. The van der Waals surface area contributed by atoms with Crippen LogP contribution in [0.25, 0.3) is 0 Å². The van der Waals surface area contributed by atoms with Crippen molar-refractivity contribution < 1.29 is 18.0 Å². The van der Waals surface area contributed by atoms with E-state index in [9.17, 15) is 18.0 Å². The summed E-state index contributed by atoms with van der Waals surface area (Å²) < 4.78 is 27.4. The average Bonchev–Trinajstić information content (AvgIpc) is 3.33. The molecule has 1 aliphatic rings. The molecule has 2 heterocycles. The van der Waals surface area contributed by atoms with E-state index in [1.165, 1.54) is 32.7 Å². The van der Waals surface area contributed by atoms with Crippen LogP contribution in [0.1, 0.15) is 22.5 Å². The molecule has 1 aromatic heterocycles. The molecule has 0 bridgehead atoms. The lowest BCUT2D eigenvalue weighted by Gasteiger charge is -2.17. The molecule has 0 atom stereocenters. The van der Waals surface area contributed by atoms with Gasteiger partial charge in [0.25, 0.3) is 5.91 Å². The molecule has 7 nitrogen and oxygen atoms in total. The molecule has 2 amide bonds. The van der Waals surface area contributed by atoms with Crippen molar-refractivity contribution in [2.45, 2.75) is 17.7 Å². The smallest absolute Gasteiger partial charge is 0.264 e. The Kier molecular flexibility index (Phi) is 6.54. The quantitative estimate of drug-likeness (QED) is 0.680. The monoisotopic (exact) mass is 485 g/mol. The lowest BCUT2D eigenvalue weighted by Crippen LogP contribution is -2.34. The number of carbonyl (C=O) groups is 2. The minimum atomic E-state index is -3.48. The maximum atomic E-state index is 12.5. The van der Waals surface area contributed by atoms with Crippen LogP contribution >= 0.6 is 27.3 Å². The Morgan fingerprint density at radius 3 is 2.36 bits per heavy atom. The van der Waals surface area contributed by atoms with E-state index in [0.29, 0.717) is 23.7 Å². The number of nitrogens with zero attached hydrogens (tertiary/aromatic N) is 2. The van der Waals surface area contributed by atoms with Crippen molar-refractivity contribution in [2.75, 3.05) is 32.0 Å². The zero-order valence-electron chi connectivity index (χ0n) is 15.2. The summed E-state index contributed by atoms with van der Waals surface area (Å²) in [5.41, 5.74) is 0.477. The number of carbonyl (C=O) groups excluding carboxylic acids is 2. The first-order valence-electron chi connectivity index (χ1n) is 8.68. The van der Waals surface area contributed by atoms with E-state index < -0.39 is 10.0 Å². The largest absolute Gasteiger partial charge is 0.332 e. The third kappa shape index (κ3) is 4.80. The Balaban J connectivity index is 1.59. The van der Waals surface area contributed by atoms with Gasteiger partial charge in [0.05, 0.1) is 20.1 Å². The minimum Gasteiger partial charge on any atom is -0.332 e. The highest BCUT2D eigenvalue weighted by molar-refractivity contribution is 9.11. The van der Waals surface area contributed by atoms with Crippen LogP contribution in [0.4, 0.5) is 5.69 Å². The van der Waals surface area contributed by atoms with Crippen molar-refractivity contribution in [3.8, 4) is 0 Å². The van der Waals surface area contributed by atoms with Gasteiger partial charge in [0.15, 0.2) is 0 Å². The van der Waals surface area contributed by atoms with Crippen LogP contribution in [0.15, 0.2) is 45.1 Å². The third-order valence-corrected chi connectivity index (χ3v) is 7.88. The molecule has 1 aromatic carbocycles. The highest BCUT2D eigenvalue weighted by Crippen LogP contribution is 2.24. The molecule has 1 fully saturated rings. The summed E-state index contributed by atoms with van der Waals surface area (Å²) in [6, 6.07) is 9.56. The van der Waals surface area contributed by atoms with Crippen molar-refractivity contribution in [2.24, 2.45) is 0 Å². The van der Waals surface area contributed by atoms with Gasteiger partial charge in [-0.2, -0.15) is 4.31 Å². The first-order valence-corrected chi connectivity index (χ1v) is 11.7. The van der Waals surface area contributed by atoms with Gasteiger partial charge in [0.2, 0.25) is 15.9 Å². The molecule has 0 spiro atoms. The number of likely N-dealkylation sites (N-methyl/N-ethyl adjacent to an activating group) is 1. The van der Waals surface area contributed by atoms with E-state index in [-0.39, 0.29) is 23.3 Å². The Labute approximate surface area is 176 Å². The summed E-state index contributed by atoms with van der Waals surface area (Å²) >= 11 is 4.61. The molecule has 2 aromatic rings. The van der Waals surface area contributed by atoms with Crippen LogP contribution in [0.5, 0.6) is 0 Å². The van der Waals surface area contributed by atoms with Crippen LogP contribution in [-0.4, -0.2) is 56.1 Å². The molecular weight excluding hydrogens is 466 g/mol. The number of anilines is 1. The fourth-order valence-electron chi connectivity index (χ4n) is 2.89. The van der Waals surface area contributed by atoms with Crippen LogP contribution < -0.4 is 5.32 Å². The molecule has 3 rings (SSSR count). The molecule has 0 saturated carbocycles. The lowest BCUT2D eigenvalue weighted by atomic mass is 10.3. The highest BCUT2D eigenvalue weighted by atomic mass is 79.9. The van der Waals surface area contributed by atoms with E-state index in [1.54, 1.807) is 31.3 Å². The van der Waals surface area contributed by atoms with Gasteiger partial charge in [-0.3, -0.25) is 9.59 Å². The van der Waals surface area contributed by atoms with E-state index in [2.05, 4.69) is 21.2 Å². The van der Waals surface area contributed by atoms with Gasteiger partial charge in [0.1, 0.15) is 0 Å². The first-order chi connectivity index (χ1) is 13.3. The normalized spacial score (nSPS) is 14.8. The van der Waals surface area contributed by atoms with Crippen LogP contribution in [0.2, 0.25) is 0 Å². The van der Waals surface area contributed by atoms with Crippen LogP contribution in [0.3, 0.4) is 0 Å². The van der Waals surface area contributed by atoms with E-state index >= 15 is 0 Å². The van der Waals surface area contributed by atoms with Crippen LogP contribution in [-0.2, 0) is 14.8 Å². The molecule has 1 saturated heterocycles. The van der Waals surface area contributed by atoms with Gasteiger partial charge < -0.3 is 10.2 Å². The topological polar surface area (TPSA) is 86.8 Å². The van der Waals surface area contributed by atoms with Gasteiger partial charge in [-0.05, 0) is 65.2 Å². The summed E-state index contributed by atoms with van der Waals surface area (Å²) in [5.74, 6) is -0.598. The number of sulfonamides is 1. The molecule has 28 heavy (non-hydrogen) atoms. The number of benzene rings is 1. The number of hydrogen-bond acceptors (Lipinski definition) is 5. The predicted molar refractivity (Wildman–Crippen MR) is 112 cm³/mol. The van der Waals surface area contributed by atoms with E-state index in [4.69, 9.17) is 0 Å². The van der Waals surface area contributed by atoms with Gasteiger partial charge in [0, 0.05) is 25.8 Å².